The van der Waals surface area contributed by atoms with E-state index < -0.39 is 6.03 Å². The summed E-state index contributed by atoms with van der Waals surface area (Å²) in [6.07, 6.45) is 0.472. The molecule has 13 heavy (non-hydrogen) atoms. The molecule has 5 nitrogen and oxygen atoms in total. The number of nitrogens with one attached hydrogen (secondary N) is 1. The highest BCUT2D eigenvalue weighted by molar-refractivity contribution is 5.82. The highest BCUT2D eigenvalue weighted by atomic mass is 16.2. The predicted octanol–water partition coefficient (Wildman–Crippen LogP) is 0.233. The second-order valence-corrected chi connectivity index (χ2v) is 2.29. The maximum absolute atomic E-state index is 10.5. The molecule has 0 heterocycles. The van der Waals surface area contributed by atoms with Crippen molar-refractivity contribution in [3.63, 3.8) is 0 Å². The van der Waals surface area contributed by atoms with Crippen LogP contribution in [0.15, 0.2) is 30.3 Å². The molecule has 0 spiro atoms. The second-order valence-electron chi connectivity index (χ2n) is 2.29. The van der Waals surface area contributed by atoms with Gasteiger partial charge in [-0.1, -0.05) is 18.2 Å². The number of carbonyl (C=O) groups excluding carboxylic acids is 2. The lowest BCUT2D eigenvalue weighted by Crippen LogP contribution is -2.44. The van der Waals surface area contributed by atoms with E-state index in [4.69, 9.17) is 5.73 Å². The molecule has 0 aliphatic carbocycles. The van der Waals surface area contributed by atoms with Gasteiger partial charge in [-0.3, -0.25) is 4.79 Å². The Bertz CT molecular complexity index is 300. The largest absolute Gasteiger partial charge is 0.350 e. The summed E-state index contributed by atoms with van der Waals surface area (Å²) in [6.45, 7) is 0. The predicted molar refractivity (Wildman–Crippen MR) is 47.7 cm³/mol. The Morgan fingerprint density at radius 1 is 1.38 bits per heavy atom. The lowest BCUT2D eigenvalue weighted by molar-refractivity contribution is -0.107. The molecule has 1 aromatic rings. The lowest BCUT2D eigenvalue weighted by Gasteiger charge is -2.16. The molecule has 0 fully saturated rings. The minimum atomic E-state index is -0.782. The normalized spacial score (nSPS) is 8.92. The summed E-state index contributed by atoms with van der Waals surface area (Å²) in [5.74, 6) is 0. The average Bonchev–Trinajstić information content (AvgIpc) is 2.15. The number of nitrogens with two attached hydrogens (primary N) is 1. The van der Waals surface area contributed by atoms with E-state index in [1.54, 1.807) is 30.3 Å². The summed E-state index contributed by atoms with van der Waals surface area (Å²) in [6, 6.07) is 7.85. The molecule has 0 saturated heterocycles. The number of amides is 3. The van der Waals surface area contributed by atoms with Crippen LogP contribution in [0.3, 0.4) is 0 Å². The number of hydrazine groups is 1. The molecule has 3 amide bonds. The Morgan fingerprint density at radius 3 is 2.46 bits per heavy atom. The van der Waals surface area contributed by atoms with Gasteiger partial charge in [0.2, 0.25) is 6.41 Å². The van der Waals surface area contributed by atoms with Crippen LogP contribution in [0.5, 0.6) is 0 Å². The van der Waals surface area contributed by atoms with Crippen LogP contribution in [0.1, 0.15) is 0 Å². The fourth-order valence-electron chi connectivity index (χ4n) is 0.859. The molecule has 0 aliphatic heterocycles. The molecule has 5 heteroatoms. The minimum absolute atomic E-state index is 0.472. The van der Waals surface area contributed by atoms with Crippen LogP contribution < -0.4 is 16.2 Å². The van der Waals surface area contributed by atoms with Crippen molar-refractivity contribution in [2.45, 2.75) is 0 Å². The Hall–Kier alpha value is -2.04. The van der Waals surface area contributed by atoms with E-state index in [-0.39, 0.29) is 0 Å². The van der Waals surface area contributed by atoms with E-state index in [2.05, 4.69) is 5.43 Å². The zero-order valence-corrected chi connectivity index (χ0v) is 6.81. The van der Waals surface area contributed by atoms with Crippen LogP contribution in [0.2, 0.25) is 0 Å². The van der Waals surface area contributed by atoms with Crippen molar-refractivity contribution >= 4 is 18.1 Å². The zero-order chi connectivity index (χ0) is 9.68. The van der Waals surface area contributed by atoms with Gasteiger partial charge in [0.05, 0.1) is 5.69 Å². The molecule has 0 aromatic heterocycles. The van der Waals surface area contributed by atoms with Gasteiger partial charge in [0.15, 0.2) is 0 Å². The number of hydrogen-bond donors (Lipinski definition) is 2. The number of primary amides is 1. The smallest absolute Gasteiger partial charge is 0.331 e. The van der Waals surface area contributed by atoms with Gasteiger partial charge in [-0.2, -0.15) is 0 Å². The first-order valence-electron chi connectivity index (χ1n) is 3.59. The monoisotopic (exact) mass is 179 g/mol. The number of carbonyl (C=O) groups is 2. The first-order valence-corrected chi connectivity index (χ1v) is 3.59. The molecule has 0 aliphatic rings. The summed E-state index contributed by atoms with van der Waals surface area (Å²) in [5.41, 5.74) is 7.56. The summed E-state index contributed by atoms with van der Waals surface area (Å²) in [4.78, 5) is 20.9. The highest BCUT2D eigenvalue weighted by Crippen LogP contribution is 2.08. The maximum Gasteiger partial charge on any atom is 0.331 e. The van der Waals surface area contributed by atoms with Crippen LogP contribution >= 0.6 is 0 Å². The van der Waals surface area contributed by atoms with Crippen LogP contribution in [0, 0.1) is 0 Å². The van der Waals surface area contributed by atoms with Gasteiger partial charge in [-0.15, -0.1) is 0 Å². The third kappa shape index (κ3) is 2.48. The van der Waals surface area contributed by atoms with E-state index >= 15 is 0 Å². The van der Waals surface area contributed by atoms with Crippen LogP contribution in [0.25, 0.3) is 0 Å². The van der Waals surface area contributed by atoms with Crippen molar-refractivity contribution in [1.29, 1.82) is 0 Å². The Morgan fingerprint density at radius 2 is 2.00 bits per heavy atom. The number of benzene rings is 1. The van der Waals surface area contributed by atoms with Gasteiger partial charge in [0.1, 0.15) is 0 Å². The summed E-state index contributed by atoms with van der Waals surface area (Å²) >= 11 is 0. The van der Waals surface area contributed by atoms with E-state index in [1.807, 2.05) is 0 Å². The molecular weight excluding hydrogens is 170 g/mol. The van der Waals surface area contributed by atoms with E-state index in [9.17, 15) is 9.59 Å². The van der Waals surface area contributed by atoms with Crippen molar-refractivity contribution in [2.24, 2.45) is 5.73 Å². The molecule has 1 rings (SSSR count). The zero-order valence-electron chi connectivity index (χ0n) is 6.81. The average molecular weight is 179 g/mol. The molecule has 68 valence electrons. The first kappa shape index (κ1) is 9.05. The van der Waals surface area contributed by atoms with Crippen molar-refractivity contribution in [3.8, 4) is 0 Å². The number of urea groups is 1. The lowest BCUT2D eigenvalue weighted by atomic mass is 10.3. The van der Waals surface area contributed by atoms with Gasteiger partial charge in [-0.25, -0.2) is 15.2 Å². The SMILES string of the molecule is NC(=O)NN(C=O)c1ccccc1. The number of anilines is 1. The van der Waals surface area contributed by atoms with Crippen molar-refractivity contribution in [3.05, 3.63) is 30.3 Å². The van der Waals surface area contributed by atoms with Crippen LogP contribution in [0.4, 0.5) is 10.5 Å². The van der Waals surface area contributed by atoms with Gasteiger partial charge >= 0.3 is 6.03 Å². The highest BCUT2D eigenvalue weighted by Gasteiger charge is 2.04. The van der Waals surface area contributed by atoms with Crippen LogP contribution in [-0.4, -0.2) is 12.4 Å². The molecule has 0 bridgehead atoms. The van der Waals surface area contributed by atoms with Gasteiger partial charge in [0.25, 0.3) is 0 Å². The fourth-order valence-corrected chi connectivity index (χ4v) is 0.859. The Labute approximate surface area is 75.1 Å². The summed E-state index contributed by atoms with van der Waals surface area (Å²) < 4.78 is 0. The molecule has 0 atom stereocenters. The Balaban J connectivity index is 2.78. The van der Waals surface area contributed by atoms with Gasteiger partial charge < -0.3 is 5.73 Å². The van der Waals surface area contributed by atoms with Crippen LogP contribution in [-0.2, 0) is 4.79 Å². The van der Waals surface area contributed by atoms with Crippen molar-refractivity contribution in [2.75, 3.05) is 5.01 Å². The first-order chi connectivity index (χ1) is 6.24. The topological polar surface area (TPSA) is 75.4 Å². The van der Waals surface area contributed by atoms with Gasteiger partial charge in [0, 0.05) is 0 Å². The summed E-state index contributed by atoms with van der Waals surface area (Å²) in [7, 11) is 0. The molecule has 3 N–H and O–H groups in total. The van der Waals surface area contributed by atoms with Crippen molar-refractivity contribution in [1.82, 2.24) is 5.43 Å². The third-order valence-electron chi connectivity index (χ3n) is 1.37. The third-order valence-corrected chi connectivity index (χ3v) is 1.37. The molecule has 1 aromatic carbocycles. The molecule has 0 saturated carbocycles. The second kappa shape index (κ2) is 4.10. The van der Waals surface area contributed by atoms with Crippen molar-refractivity contribution < 1.29 is 9.59 Å². The standard InChI is InChI=1S/C8H9N3O2/c9-8(13)10-11(6-12)7-4-2-1-3-5-7/h1-6H,(H3,9,10,13). The number of rotatable bonds is 3. The van der Waals surface area contributed by atoms with Gasteiger partial charge in [-0.05, 0) is 12.1 Å². The van der Waals surface area contributed by atoms with E-state index in [1.165, 1.54) is 0 Å². The fraction of sp³-hybridized carbons (Fsp3) is 0. The quantitative estimate of drug-likeness (QED) is 0.515. The van der Waals surface area contributed by atoms with E-state index in [0.29, 0.717) is 12.1 Å². The number of hydrogen-bond acceptors (Lipinski definition) is 2. The summed E-state index contributed by atoms with van der Waals surface area (Å²) in [5, 5.41) is 1.00. The Kier molecular flexibility index (Phi) is 2.86. The van der Waals surface area contributed by atoms with E-state index in [0.717, 1.165) is 5.01 Å². The number of para-hydroxylation sites is 1. The maximum atomic E-state index is 10.5. The molecule has 0 unspecified atom stereocenters. The number of nitrogens with zero attached hydrogens (tertiary/aromatic N) is 1. The molecular formula is C8H9N3O2. The minimum Gasteiger partial charge on any atom is -0.350 e. The molecule has 0 radical (unpaired) electrons.